The smallest absolute Gasteiger partial charge is 0.348 e. The van der Waals surface area contributed by atoms with Gasteiger partial charge in [0, 0.05) is 33.0 Å². The Hall–Kier alpha value is -2.12. The monoisotopic (exact) mass is 307 g/mol. The number of hydrogen-bond acceptors (Lipinski definition) is 5. The lowest BCUT2D eigenvalue weighted by atomic mass is 10.2. The van der Waals surface area contributed by atoms with Crippen LogP contribution in [0.1, 0.15) is 0 Å². The fourth-order valence-electron chi connectivity index (χ4n) is 1.67. The highest BCUT2D eigenvalue weighted by atomic mass is 32.2. The Balaban J connectivity index is 2.38. The van der Waals surface area contributed by atoms with Gasteiger partial charge in [0.25, 0.3) is 5.88 Å². The van der Waals surface area contributed by atoms with Crippen LogP contribution in [-0.2, 0) is 10.3 Å². The van der Waals surface area contributed by atoms with Crippen molar-refractivity contribution < 1.29 is 12.6 Å². The second-order valence-electron chi connectivity index (χ2n) is 4.55. The third-order valence-electron chi connectivity index (χ3n) is 2.89. The van der Waals surface area contributed by atoms with Gasteiger partial charge in [-0.25, -0.2) is 4.98 Å². The van der Waals surface area contributed by atoms with Gasteiger partial charge in [0.15, 0.2) is 0 Å². The standard InChI is InChI=1S/C14H17N3O3S/c1-16(2)21(18,19)20-14-13(10-7-11-15-14)17(3)12-8-5-4-6-9-12/h4-11H,1-3H3. The summed E-state index contributed by atoms with van der Waals surface area (Å²) in [6.45, 7) is 0. The summed E-state index contributed by atoms with van der Waals surface area (Å²) >= 11 is 0. The minimum Gasteiger partial charge on any atom is -0.348 e. The summed E-state index contributed by atoms with van der Waals surface area (Å²) in [4.78, 5) is 5.84. The van der Waals surface area contributed by atoms with Crippen LogP contribution in [0, 0.1) is 0 Å². The van der Waals surface area contributed by atoms with Gasteiger partial charge in [-0.1, -0.05) is 18.2 Å². The van der Waals surface area contributed by atoms with Crippen LogP contribution in [0.25, 0.3) is 0 Å². The van der Waals surface area contributed by atoms with Gasteiger partial charge in [0.05, 0.1) is 0 Å². The van der Waals surface area contributed by atoms with E-state index in [4.69, 9.17) is 4.18 Å². The molecule has 0 aliphatic rings. The van der Waals surface area contributed by atoms with Crippen LogP contribution in [-0.4, -0.2) is 38.9 Å². The van der Waals surface area contributed by atoms with Gasteiger partial charge < -0.3 is 9.08 Å². The molecule has 0 atom stereocenters. The molecule has 0 unspecified atom stereocenters. The quantitative estimate of drug-likeness (QED) is 0.846. The summed E-state index contributed by atoms with van der Waals surface area (Å²) in [5, 5.41) is 0. The molecule has 0 spiro atoms. The van der Waals surface area contributed by atoms with Crippen LogP contribution < -0.4 is 9.08 Å². The zero-order chi connectivity index (χ0) is 15.5. The van der Waals surface area contributed by atoms with Crippen LogP contribution in [0.5, 0.6) is 5.88 Å². The summed E-state index contributed by atoms with van der Waals surface area (Å²) in [6.07, 6.45) is 1.49. The minimum absolute atomic E-state index is 0.0394. The van der Waals surface area contributed by atoms with Crippen LogP contribution in [0.15, 0.2) is 48.7 Å². The van der Waals surface area contributed by atoms with Gasteiger partial charge in [0.1, 0.15) is 5.69 Å². The summed E-state index contributed by atoms with van der Waals surface area (Å²) in [6, 6.07) is 13.0. The maximum atomic E-state index is 11.9. The van der Waals surface area contributed by atoms with E-state index in [1.165, 1.54) is 20.3 Å². The Kier molecular flexibility index (Phi) is 4.44. The van der Waals surface area contributed by atoms with Crippen LogP contribution >= 0.6 is 0 Å². The van der Waals surface area contributed by atoms with Crippen LogP contribution in [0.3, 0.4) is 0 Å². The summed E-state index contributed by atoms with van der Waals surface area (Å²) in [7, 11) is 0.779. The number of anilines is 2. The lowest BCUT2D eigenvalue weighted by molar-refractivity contribution is 0.415. The van der Waals surface area contributed by atoms with E-state index in [-0.39, 0.29) is 5.88 Å². The van der Waals surface area contributed by atoms with E-state index in [1.807, 2.05) is 42.3 Å². The Morgan fingerprint density at radius 2 is 1.67 bits per heavy atom. The van der Waals surface area contributed by atoms with Crippen molar-refractivity contribution >= 4 is 21.7 Å². The van der Waals surface area contributed by atoms with Crippen molar-refractivity contribution in [1.29, 1.82) is 0 Å². The van der Waals surface area contributed by atoms with Crippen molar-refractivity contribution in [3.8, 4) is 5.88 Å². The molecule has 0 radical (unpaired) electrons. The van der Waals surface area contributed by atoms with Crippen LogP contribution in [0.2, 0.25) is 0 Å². The molecule has 0 saturated heterocycles. The molecular formula is C14H17N3O3S. The lowest BCUT2D eigenvalue weighted by Crippen LogP contribution is -2.28. The zero-order valence-electron chi connectivity index (χ0n) is 12.1. The number of nitrogens with zero attached hydrogens (tertiary/aromatic N) is 3. The molecule has 6 nitrogen and oxygen atoms in total. The highest BCUT2D eigenvalue weighted by molar-refractivity contribution is 7.84. The molecule has 7 heteroatoms. The highest BCUT2D eigenvalue weighted by Gasteiger charge is 2.20. The lowest BCUT2D eigenvalue weighted by Gasteiger charge is -2.21. The van der Waals surface area contributed by atoms with Crippen molar-refractivity contribution in [2.75, 3.05) is 26.0 Å². The average Bonchev–Trinajstić information content (AvgIpc) is 2.47. The third kappa shape index (κ3) is 3.50. The van der Waals surface area contributed by atoms with E-state index in [0.717, 1.165) is 9.99 Å². The molecule has 0 amide bonds. The number of hydrogen-bond donors (Lipinski definition) is 0. The molecule has 112 valence electrons. The van der Waals surface area contributed by atoms with E-state index >= 15 is 0 Å². The molecule has 21 heavy (non-hydrogen) atoms. The van der Waals surface area contributed by atoms with Crippen molar-refractivity contribution in [2.45, 2.75) is 0 Å². The number of aromatic nitrogens is 1. The number of para-hydroxylation sites is 1. The molecule has 0 N–H and O–H groups in total. The normalized spacial score (nSPS) is 11.4. The number of rotatable bonds is 5. The van der Waals surface area contributed by atoms with Gasteiger partial charge >= 0.3 is 10.3 Å². The summed E-state index contributed by atoms with van der Waals surface area (Å²) in [5.41, 5.74) is 1.46. The Morgan fingerprint density at radius 1 is 1.00 bits per heavy atom. The van der Waals surface area contributed by atoms with Gasteiger partial charge in [-0.2, -0.15) is 12.7 Å². The fraction of sp³-hybridized carbons (Fsp3) is 0.214. The van der Waals surface area contributed by atoms with Gasteiger partial charge in [-0.15, -0.1) is 0 Å². The predicted molar refractivity (Wildman–Crippen MR) is 82.0 cm³/mol. The van der Waals surface area contributed by atoms with E-state index in [1.54, 1.807) is 12.1 Å². The minimum atomic E-state index is -3.85. The molecule has 0 bridgehead atoms. The zero-order valence-corrected chi connectivity index (χ0v) is 12.9. The highest BCUT2D eigenvalue weighted by Crippen LogP contribution is 2.31. The second-order valence-corrected chi connectivity index (χ2v) is 6.30. The molecular weight excluding hydrogens is 290 g/mol. The predicted octanol–water partition coefficient (Wildman–Crippen LogP) is 2.03. The van der Waals surface area contributed by atoms with Gasteiger partial charge in [-0.3, -0.25) is 0 Å². The summed E-state index contributed by atoms with van der Waals surface area (Å²) < 4.78 is 29.8. The molecule has 1 aromatic heterocycles. The molecule has 1 heterocycles. The first kappa shape index (κ1) is 15.3. The van der Waals surface area contributed by atoms with Crippen molar-refractivity contribution in [3.05, 3.63) is 48.7 Å². The first-order valence-corrected chi connectivity index (χ1v) is 7.64. The van der Waals surface area contributed by atoms with Gasteiger partial charge in [-0.05, 0) is 24.3 Å². The molecule has 0 saturated carbocycles. The molecule has 0 fully saturated rings. The third-order valence-corrected chi connectivity index (χ3v) is 4.15. The molecule has 0 aliphatic heterocycles. The second kappa shape index (κ2) is 6.11. The molecule has 1 aromatic carbocycles. The number of pyridine rings is 1. The Labute approximate surface area is 124 Å². The SMILES string of the molecule is CN(c1ccccc1)c1cccnc1OS(=O)(=O)N(C)C. The molecule has 2 rings (SSSR count). The Bertz CT molecular complexity index is 702. The maximum Gasteiger partial charge on any atom is 0.386 e. The average molecular weight is 307 g/mol. The van der Waals surface area contributed by atoms with Gasteiger partial charge in [0.2, 0.25) is 0 Å². The van der Waals surface area contributed by atoms with E-state index in [2.05, 4.69) is 4.98 Å². The Morgan fingerprint density at radius 3 is 2.29 bits per heavy atom. The molecule has 2 aromatic rings. The number of benzene rings is 1. The maximum absolute atomic E-state index is 11.9. The van der Waals surface area contributed by atoms with E-state index in [9.17, 15) is 8.42 Å². The first-order chi connectivity index (χ1) is 9.92. The van der Waals surface area contributed by atoms with Crippen molar-refractivity contribution in [3.63, 3.8) is 0 Å². The van der Waals surface area contributed by atoms with Crippen molar-refractivity contribution in [2.24, 2.45) is 0 Å². The summed E-state index contributed by atoms with van der Waals surface area (Å²) in [5.74, 6) is 0.0394. The first-order valence-electron chi connectivity index (χ1n) is 6.27. The topological polar surface area (TPSA) is 62.7 Å². The van der Waals surface area contributed by atoms with E-state index < -0.39 is 10.3 Å². The van der Waals surface area contributed by atoms with Crippen molar-refractivity contribution in [1.82, 2.24) is 9.29 Å². The largest absolute Gasteiger partial charge is 0.386 e. The van der Waals surface area contributed by atoms with E-state index in [0.29, 0.717) is 5.69 Å². The molecule has 0 aliphatic carbocycles. The fourth-order valence-corrected chi connectivity index (χ4v) is 2.14. The van der Waals surface area contributed by atoms with Crippen LogP contribution in [0.4, 0.5) is 11.4 Å².